The van der Waals surface area contributed by atoms with Crippen molar-refractivity contribution in [3.05, 3.63) is 102 Å². The third-order valence-corrected chi connectivity index (χ3v) is 9.20. The number of hydrogen-bond acceptors (Lipinski definition) is 11. The Morgan fingerprint density at radius 3 is 2.37 bits per heavy atom. The molecule has 4 aromatic carbocycles. The van der Waals surface area contributed by atoms with Gasteiger partial charge in [-0.3, -0.25) is 20.0 Å². The number of hydrogen-bond donors (Lipinski definition) is 3. The number of benzene rings is 4. The number of aliphatic hydroxyl groups excluding tert-OH is 1. The molecule has 12 nitrogen and oxygen atoms in total. The second-order valence-electron chi connectivity index (χ2n) is 12.8. The maximum atomic E-state index is 13.3. The summed E-state index contributed by atoms with van der Waals surface area (Å²) in [6.07, 6.45) is 1.52. The highest BCUT2D eigenvalue weighted by molar-refractivity contribution is 5.89. The van der Waals surface area contributed by atoms with E-state index in [1.54, 1.807) is 19.1 Å². The zero-order valence-corrected chi connectivity index (χ0v) is 29.9. The van der Waals surface area contributed by atoms with Crippen LogP contribution >= 0.6 is 0 Å². The SMILES string of the molecule is COc1ccccc1COCCCOc1ccc(C2C(O)CN(C(=O)CCCCCON(O)O)CC2OCc2cc(OC)c3ccccc3c2)cc1. The fraction of sp³-hybridized carbons (Fsp3) is 0.425. The zero-order valence-electron chi connectivity index (χ0n) is 29.9. The molecule has 0 saturated carbocycles. The number of ether oxygens (including phenoxy) is 5. The van der Waals surface area contributed by atoms with E-state index < -0.39 is 12.2 Å². The average molecular weight is 719 g/mol. The maximum Gasteiger partial charge on any atom is 0.222 e. The number of nitrogens with zero attached hydrogens (tertiary/aromatic N) is 2. The lowest BCUT2D eigenvalue weighted by Crippen LogP contribution is -2.53. The average Bonchev–Trinajstić information content (AvgIpc) is 3.16. The summed E-state index contributed by atoms with van der Waals surface area (Å²) in [6.45, 7) is 2.41. The molecule has 3 N–H and O–H groups in total. The van der Waals surface area contributed by atoms with Gasteiger partial charge in [-0.2, -0.15) is 0 Å². The van der Waals surface area contributed by atoms with Gasteiger partial charge in [-0.05, 0) is 59.7 Å². The van der Waals surface area contributed by atoms with E-state index in [-0.39, 0.29) is 37.0 Å². The lowest BCUT2D eigenvalue weighted by molar-refractivity contribution is -0.492. The Morgan fingerprint density at radius 2 is 1.58 bits per heavy atom. The Balaban J connectivity index is 1.20. The number of rotatable bonds is 20. The van der Waals surface area contributed by atoms with Gasteiger partial charge in [0.2, 0.25) is 5.91 Å². The van der Waals surface area contributed by atoms with Crippen LogP contribution in [0, 0.1) is 0 Å². The van der Waals surface area contributed by atoms with Gasteiger partial charge in [-0.25, -0.2) is 0 Å². The number of fused-ring (bicyclic) bond motifs is 1. The number of aliphatic hydroxyl groups is 1. The monoisotopic (exact) mass is 718 g/mol. The molecule has 4 aromatic rings. The first-order valence-electron chi connectivity index (χ1n) is 17.7. The van der Waals surface area contributed by atoms with Gasteiger partial charge in [0.25, 0.3) is 0 Å². The highest BCUT2D eigenvalue weighted by atomic mass is 17.1. The van der Waals surface area contributed by atoms with Gasteiger partial charge in [-0.15, -0.1) is 0 Å². The Morgan fingerprint density at radius 1 is 0.808 bits per heavy atom. The lowest BCUT2D eigenvalue weighted by Gasteiger charge is -2.42. The molecule has 0 radical (unpaired) electrons. The molecule has 3 unspecified atom stereocenters. The number of para-hydroxylation sites is 1. The number of β-amino-alcohol motifs (C(OH)–C–C–N with tert-alkyl or cyclic N) is 1. The first-order valence-corrected chi connectivity index (χ1v) is 17.7. The van der Waals surface area contributed by atoms with E-state index >= 15 is 0 Å². The van der Waals surface area contributed by atoms with Crippen LogP contribution in [-0.4, -0.2) is 91.1 Å². The molecule has 0 aliphatic carbocycles. The summed E-state index contributed by atoms with van der Waals surface area (Å²) in [5.74, 6) is 1.83. The van der Waals surface area contributed by atoms with Gasteiger partial charge in [0.1, 0.15) is 17.2 Å². The molecule has 52 heavy (non-hydrogen) atoms. The summed E-state index contributed by atoms with van der Waals surface area (Å²) in [7, 11) is 3.30. The van der Waals surface area contributed by atoms with Crippen molar-refractivity contribution in [1.29, 1.82) is 0 Å². The van der Waals surface area contributed by atoms with Crippen molar-refractivity contribution >= 4 is 16.7 Å². The minimum atomic E-state index is -0.852. The molecule has 0 aromatic heterocycles. The van der Waals surface area contributed by atoms with Crippen LogP contribution in [0.1, 0.15) is 54.7 Å². The van der Waals surface area contributed by atoms with Crippen LogP contribution < -0.4 is 14.2 Å². The van der Waals surface area contributed by atoms with Crippen LogP contribution in [0.3, 0.4) is 0 Å². The summed E-state index contributed by atoms with van der Waals surface area (Å²) in [4.78, 5) is 19.5. The fourth-order valence-corrected chi connectivity index (χ4v) is 6.58. The largest absolute Gasteiger partial charge is 0.496 e. The van der Waals surface area contributed by atoms with Gasteiger partial charge in [0.15, 0.2) is 0 Å². The van der Waals surface area contributed by atoms with Crippen LogP contribution in [-0.2, 0) is 32.3 Å². The molecule has 0 bridgehead atoms. The van der Waals surface area contributed by atoms with Gasteiger partial charge >= 0.3 is 0 Å². The normalized spacial score (nSPS) is 17.4. The van der Waals surface area contributed by atoms with E-state index in [2.05, 4.69) is 10.9 Å². The standard InChI is InChI=1S/C40H50N2O10/c1-47-36-14-8-6-12-32(36)28-49-20-10-21-50-33-18-16-30(17-19-33)40-35(43)25-41(39(44)15-4-3-9-22-52-42(45)46)26-38(40)51-27-29-23-31-11-5-7-13-34(31)37(24-29)48-2/h5-8,11-14,16-19,23-24,35,38,40,43,45-46H,3-4,9-10,15,20-22,25-28H2,1-2H3. The highest BCUT2D eigenvalue weighted by Gasteiger charge is 2.39. The Bertz CT molecular complexity index is 1690. The summed E-state index contributed by atoms with van der Waals surface area (Å²) in [6, 6.07) is 27.5. The maximum absolute atomic E-state index is 13.3. The number of amides is 1. The molecular formula is C40H50N2O10. The number of likely N-dealkylation sites (tertiary alicyclic amines) is 1. The third kappa shape index (κ3) is 11.1. The van der Waals surface area contributed by atoms with Crippen LogP contribution in [0.25, 0.3) is 10.8 Å². The van der Waals surface area contributed by atoms with E-state index in [1.807, 2.05) is 78.9 Å². The van der Waals surface area contributed by atoms with E-state index in [0.717, 1.165) is 45.4 Å². The van der Waals surface area contributed by atoms with Crippen LogP contribution in [0.4, 0.5) is 0 Å². The first-order chi connectivity index (χ1) is 25.4. The van der Waals surface area contributed by atoms with E-state index in [0.29, 0.717) is 57.8 Å². The number of carbonyl (C=O) groups excluding carboxylic acids is 1. The van der Waals surface area contributed by atoms with Crippen molar-refractivity contribution in [3.8, 4) is 17.2 Å². The number of unbranched alkanes of at least 4 members (excludes halogenated alkanes) is 2. The fourth-order valence-electron chi connectivity index (χ4n) is 6.58. The van der Waals surface area contributed by atoms with Gasteiger partial charge < -0.3 is 33.7 Å². The zero-order chi connectivity index (χ0) is 36.7. The molecule has 3 atom stereocenters. The Hall–Kier alpha value is -4.27. The molecule has 0 spiro atoms. The first kappa shape index (κ1) is 38.9. The summed E-state index contributed by atoms with van der Waals surface area (Å²) in [5.41, 5.74) is 2.82. The second-order valence-corrected chi connectivity index (χ2v) is 12.8. The lowest BCUT2D eigenvalue weighted by atomic mass is 9.84. The smallest absolute Gasteiger partial charge is 0.222 e. The van der Waals surface area contributed by atoms with Gasteiger partial charge in [0, 0.05) is 42.8 Å². The van der Waals surface area contributed by atoms with Crippen molar-refractivity contribution in [2.45, 2.75) is 63.4 Å². The van der Waals surface area contributed by atoms with E-state index in [1.165, 1.54) is 0 Å². The number of carbonyl (C=O) groups is 1. The minimum absolute atomic E-state index is 0.0685. The van der Waals surface area contributed by atoms with Crippen molar-refractivity contribution in [3.63, 3.8) is 0 Å². The topological polar surface area (TPSA) is 140 Å². The summed E-state index contributed by atoms with van der Waals surface area (Å²) in [5, 5.41) is 30.6. The van der Waals surface area contributed by atoms with Crippen LogP contribution in [0.2, 0.25) is 0 Å². The quantitative estimate of drug-likeness (QED) is 0.0702. The molecular weight excluding hydrogens is 668 g/mol. The van der Waals surface area contributed by atoms with Crippen LogP contribution in [0.5, 0.6) is 17.2 Å². The number of piperidine rings is 1. The molecule has 1 aliphatic heterocycles. The Labute approximate surface area is 304 Å². The van der Waals surface area contributed by atoms with E-state index in [4.69, 9.17) is 34.1 Å². The van der Waals surface area contributed by atoms with E-state index in [9.17, 15) is 9.90 Å². The summed E-state index contributed by atoms with van der Waals surface area (Å²) >= 11 is 0. The van der Waals surface area contributed by atoms with Crippen molar-refractivity contribution in [2.24, 2.45) is 0 Å². The predicted molar refractivity (Wildman–Crippen MR) is 193 cm³/mol. The molecule has 1 aliphatic rings. The van der Waals surface area contributed by atoms with Crippen LogP contribution in [0.15, 0.2) is 84.9 Å². The summed E-state index contributed by atoms with van der Waals surface area (Å²) < 4.78 is 29.4. The molecule has 12 heteroatoms. The van der Waals surface area contributed by atoms with Crippen molar-refractivity contribution in [2.75, 3.05) is 47.1 Å². The molecule has 5 rings (SSSR count). The van der Waals surface area contributed by atoms with Gasteiger partial charge in [-0.1, -0.05) is 61.0 Å². The number of methoxy groups -OCH3 is 2. The molecule has 1 heterocycles. The van der Waals surface area contributed by atoms with Gasteiger partial charge in [0.05, 0.1) is 64.9 Å². The Kier molecular flexibility index (Phi) is 15.1. The van der Waals surface area contributed by atoms with Crippen molar-refractivity contribution in [1.82, 2.24) is 10.3 Å². The molecule has 1 fully saturated rings. The third-order valence-electron chi connectivity index (χ3n) is 9.20. The predicted octanol–water partition coefficient (Wildman–Crippen LogP) is 6.29. The molecule has 280 valence electrons. The molecule has 1 saturated heterocycles. The second kappa shape index (κ2) is 20.1. The highest BCUT2D eigenvalue weighted by Crippen LogP contribution is 2.34. The van der Waals surface area contributed by atoms with Crippen molar-refractivity contribution < 1.29 is 48.8 Å². The minimum Gasteiger partial charge on any atom is -0.496 e. The molecule has 1 amide bonds.